The quantitative estimate of drug-likeness (QED) is 0.640. The minimum absolute atomic E-state index is 0.869. The van der Waals surface area contributed by atoms with Crippen LogP contribution in [0.1, 0.15) is 23.5 Å². The van der Waals surface area contributed by atoms with E-state index < -0.39 is 0 Å². The van der Waals surface area contributed by atoms with Gasteiger partial charge in [-0.2, -0.15) is 0 Å². The molecule has 0 amide bonds. The molecule has 92 valence electrons. The number of allylic oxidation sites excluding steroid dienone is 2. The molecule has 1 N–H and O–H groups in total. The van der Waals surface area contributed by atoms with Crippen molar-refractivity contribution in [1.82, 2.24) is 10.3 Å². The fraction of sp³-hybridized carbons (Fsp3) is 0.643. The molecule has 0 aromatic carbocycles. The average molecular weight is 248 g/mol. The molecule has 0 radical (unpaired) electrons. The van der Waals surface area contributed by atoms with Crippen molar-refractivity contribution >= 4 is 11.3 Å². The van der Waals surface area contributed by atoms with Gasteiger partial charge in [0, 0.05) is 18.3 Å². The van der Waals surface area contributed by atoms with Crippen LogP contribution in [-0.2, 0) is 6.42 Å². The highest BCUT2D eigenvalue weighted by molar-refractivity contribution is 7.09. The van der Waals surface area contributed by atoms with Gasteiger partial charge in [-0.15, -0.1) is 11.3 Å². The molecule has 1 heterocycles. The summed E-state index contributed by atoms with van der Waals surface area (Å²) in [6, 6.07) is 0. The number of aryl methyl sites for hydroxylation is 1. The zero-order valence-electron chi connectivity index (χ0n) is 10.4. The van der Waals surface area contributed by atoms with Gasteiger partial charge in [0.25, 0.3) is 0 Å². The van der Waals surface area contributed by atoms with E-state index in [1.165, 1.54) is 30.1 Å². The van der Waals surface area contributed by atoms with Gasteiger partial charge in [-0.3, -0.25) is 0 Å². The second kappa shape index (κ2) is 4.91. The van der Waals surface area contributed by atoms with E-state index in [-0.39, 0.29) is 0 Å². The molecule has 1 saturated carbocycles. The maximum Gasteiger partial charge on any atom is 0.0897 e. The van der Waals surface area contributed by atoms with Crippen LogP contribution in [0.5, 0.6) is 0 Å². The summed E-state index contributed by atoms with van der Waals surface area (Å²) < 4.78 is 0. The normalized spacial score (nSPS) is 30.3. The smallest absolute Gasteiger partial charge is 0.0897 e. The fourth-order valence-electron chi connectivity index (χ4n) is 3.16. The zero-order valence-corrected chi connectivity index (χ0v) is 11.2. The summed E-state index contributed by atoms with van der Waals surface area (Å²) in [7, 11) is 0. The molecule has 2 nitrogen and oxygen atoms in total. The summed E-state index contributed by atoms with van der Waals surface area (Å²) in [6.07, 6.45) is 8.74. The first-order valence-electron chi connectivity index (χ1n) is 6.61. The first-order chi connectivity index (χ1) is 8.31. The van der Waals surface area contributed by atoms with E-state index in [4.69, 9.17) is 0 Å². The molecule has 0 aliphatic heterocycles. The van der Waals surface area contributed by atoms with Crippen molar-refractivity contribution in [3.05, 3.63) is 28.2 Å². The summed E-state index contributed by atoms with van der Waals surface area (Å²) in [6.45, 7) is 4.33. The van der Waals surface area contributed by atoms with E-state index in [1.54, 1.807) is 11.3 Å². The third-order valence-electron chi connectivity index (χ3n) is 4.05. The van der Waals surface area contributed by atoms with E-state index in [9.17, 15) is 0 Å². The number of nitrogens with one attached hydrogen (secondary N) is 1. The van der Waals surface area contributed by atoms with Crippen LogP contribution in [-0.4, -0.2) is 18.1 Å². The van der Waals surface area contributed by atoms with Gasteiger partial charge in [0.1, 0.15) is 0 Å². The fourth-order valence-corrected chi connectivity index (χ4v) is 3.80. The number of aromatic nitrogens is 1. The van der Waals surface area contributed by atoms with E-state index in [0.29, 0.717) is 0 Å². The van der Waals surface area contributed by atoms with Gasteiger partial charge in [0.05, 0.1) is 10.7 Å². The molecule has 17 heavy (non-hydrogen) atoms. The van der Waals surface area contributed by atoms with Gasteiger partial charge >= 0.3 is 0 Å². The van der Waals surface area contributed by atoms with Gasteiger partial charge in [-0.05, 0) is 44.1 Å². The molecule has 3 unspecified atom stereocenters. The molecule has 1 aromatic heterocycles. The van der Waals surface area contributed by atoms with Crippen LogP contribution in [0, 0.1) is 24.7 Å². The Kier molecular flexibility index (Phi) is 3.30. The van der Waals surface area contributed by atoms with Crippen molar-refractivity contribution in [2.75, 3.05) is 13.1 Å². The number of hydrogen-bond acceptors (Lipinski definition) is 3. The third-order valence-corrected chi connectivity index (χ3v) is 4.87. The first kappa shape index (κ1) is 11.4. The summed E-state index contributed by atoms with van der Waals surface area (Å²) in [5.41, 5.74) is 1.24. The predicted molar refractivity (Wildman–Crippen MR) is 72.3 cm³/mol. The SMILES string of the molecule is Cc1nc(CCNCC2CC3C=CC2C3)cs1. The summed E-state index contributed by atoms with van der Waals surface area (Å²) in [4.78, 5) is 4.49. The Labute approximate surface area is 107 Å². The van der Waals surface area contributed by atoms with Gasteiger partial charge in [-0.25, -0.2) is 4.98 Å². The van der Waals surface area contributed by atoms with Crippen molar-refractivity contribution in [3.8, 4) is 0 Å². The molecule has 1 fully saturated rings. The summed E-state index contributed by atoms with van der Waals surface area (Å²) >= 11 is 1.75. The minimum Gasteiger partial charge on any atom is -0.316 e. The Morgan fingerprint density at radius 2 is 2.35 bits per heavy atom. The van der Waals surface area contributed by atoms with Crippen molar-refractivity contribution in [1.29, 1.82) is 0 Å². The minimum atomic E-state index is 0.869. The molecule has 2 aliphatic rings. The van der Waals surface area contributed by atoms with Crippen LogP contribution in [0.2, 0.25) is 0 Å². The third kappa shape index (κ3) is 2.61. The van der Waals surface area contributed by atoms with E-state index in [2.05, 4.69) is 34.8 Å². The molecule has 0 spiro atoms. The van der Waals surface area contributed by atoms with Crippen LogP contribution >= 0.6 is 11.3 Å². The number of fused-ring (bicyclic) bond motifs is 2. The maximum absolute atomic E-state index is 4.49. The standard InChI is InChI=1S/C14H20N2S/c1-10-16-14(9-17-10)4-5-15-8-13-7-11-2-3-12(13)6-11/h2-3,9,11-13,15H,4-8H2,1H3. The molecule has 0 saturated heterocycles. The Morgan fingerprint density at radius 3 is 3.00 bits per heavy atom. The number of nitrogens with zero attached hydrogens (tertiary/aromatic N) is 1. The van der Waals surface area contributed by atoms with Gasteiger partial charge in [0.15, 0.2) is 0 Å². The van der Waals surface area contributed by atoms with Crippen LogP contribution in [0.15, 0.2) is 17.5 Å². The van der Waals surface area contributed by atoms with Crippen molar-refractivity contribution in [2.45, 2.75) is 26.2 Å². The first-order valence-corrected chi connectivity index (χ1v) is 7.49. The largest absolute Gasteiger partial charge is 0.316 e. The highest BCUT2D eigenvalue weighted by Crippen LogP contribution is 2.42. The monoisotopic (exact) mass is 248 g/mol. The topological polar surface area (TPSA) is 24.9 Å². The van der Waals surface area contributed by atoms with Gasteiger partial charge in [0.2, 0.25) is 0 Å². The highest BCUT2D eigenvalue weighted by atomic mass is 32.1. The Morgan fingerprint density at radius 1 is 1.41 bits per heavy atom. The molecule has 1 aromatic rings. The number of hydrogen-bond donors (Lipinski definition) is 1. The van der Waals surface area contributed by atoms with Crippen LogP contribution in [0.4, 0.5) is 0 Å². The van der Waals surface area contributed by atoms with E-state index in [1.807, 2.05) is 0 Å². The average Bonchev–Trinajstić information content (AvgIpc) is 3.00. The van der Waals surface area contributed by atoms with E-state index >= 15 is 0 Å². The molecular formula is C14H20N2S. The number of rotatable bonds is 5. The lowest BCUT2D eigenvalue weighted by Crippen LogP contribution is -2.27. The second-order valence-corrected chi connectivity index (χ2v) is 6.41. The Balaban J connectivity index is 1.37. The van der Waals surface area contributed by atoms with Gasteiger partial charge in [-0.1, -0.05) is 12.2 Å². The molecule has 3 rings (SSSR count). The molecular weight excluding hydrogens is 228 g/mol. The van der Waals surface area contributed by atoms with Crippen LogP contribution < -0.4 is 5.32 Å². The predicted octanol–water partition coefficient (Wildman–Crippen LogP) is 2.80. The lowest BCUT2D eigenvalue weighted by Gasteiger charge is -2.18. The number of thiazole rings is 1. The second-order valence-electron chi connectivity index (χ2n) is 5.35. The van der Waals surface area contributed by atoms with Crippen LogP contribution in [0.25, 0.3) is 0 Å². The summed E-state index contributed by atoms with van der Waals surface area (Å²) in [5, 5.41) is 6.96. The van der Waals surface area contributed by atoms with E-state index in [0.717, 1.165) is 30.7 Å². The molecule has 3 atom stereocenters. The molecule has 3 heteroatoms. The van der Waals surface area contributed by atoms with Crippen LogP contribution in [0.3, 0.4) is 0 Å². The Hall–Kier alpha value is -0.670. The lowest BCUT2D eigenvalue weighted by atomic mass is 9.94. The van der Waals surface area contributed by atoms with Crippen molar-refractivity contribution < 1.29 is 0 Å². The Bertz CT molecular complexity index is 410. The maximum atomic E-state index is 4.49. The molecule has 2 bridgehead atoms. The highest BCUT2D eigenvalue weighted by Gasteiger charge is 2.34. The van der Waals surface area contributed by atoms with Crippen molar-refractivity contribution in [2.24, 2.45) is 17.8 Å². The van der Waals surface area contributed by atoms with Crippen molar-refractivity contribution in [3.63, 3.8) is 0 Å². The van der Waals surface area contributed by atoms with Gasteiger partial charge < -0.3 is 5.32 Å². The summed E-state index contributed by atoms with van der Waals surface area (Å²) in [5.74, 6) is 2.66. The lowest BCUT2D eigenvalue weighted by molar-refractivity contribution is 0.416. The zero-order chi connectivity index (χ0) is 11.7. The molecule has 2 aliphatic carbocycles.